The monoisotopic (exact) mass is 374 g/mol. The predicted octanol–water partition coefficient (Wildman–Crippen LogP) is 2.56. The van der Waals surface area contributed by atoms with Crippen LogP contribution in [0, 0.1) is 0 Å². The first-order valence-electron chi connectivity index (χ1n) is 9.09. The van der Waals surface area contributed by atoms with Crippen LogP contribution in [0.15, 0.2) is 34.9 Å². The Hall–Kier alpha value is -2.15. The fourth-order valence-corrected chi connectivity index (χ4v) is 5.69. The molecule has 1 aromatic carbocycles. The number of aromatic nitrogens is 1. The first-order chi connectivity index (χ1) is 12.6. The van der Waals surface area contributed by atoms with Gasteiger partial charge in [-0.2, -0.15) is 0 Å². The standard InChI is InChI=1S/C19H22N2O4S/c22-19(18-15-8-4-5-9-16(15)25-20-18)21-11-10-17(26(23,24)13-12-21)14-6-2-1-3-7-14/h1-3,6-7,17H,4-5,8-13H2. The molecule has 0 radical (unpaired) electrons. The van der Waals surface area contributed by atoms with E-state index in [0.29, 0.717) is 18.7 Å². The summed E-state index contributed by atoms with van der Waals surface area (Å²) in [5.74, 6) is 0.572. The second-order valence-corrected chi connectivity index (χ2v) is 9.29. The van der Waals surface area contributed by atoms with Gasteiger partial charge in [0.05, 0.1) is 11.0 Å². The summed E-state index contributed by atoms with van der Waals surface area (Å²) in [5.41, 5.74) is 2.07. The molecule has 1 aliphatic heterocycles. The van der Waals surface area contributed by atoms with Crippen LogP contribution in [0.25, 0.3) is 0 Å². The largest absolute Gasteiger partial charge is 0.360 e. The molecule has 4 rings (SSSR count). The Morgan fingerprint density at radius 2 is 1.88 bits per heavy atom. The van der Waals surface area contributed by atoms with Gasteiger partial charge in [0.2, 0.25) is 0 Å². The van der Waals surface area contributed by atoms with Crippen LogP contribution in [0.2, 0.25) is 0 Å². The SMILES string of the molecule is O=C(c1noc2c1CCCC2)N1CCC(c2ccccc2)S(=O)(=O)CC1. The van der Waals surface area contributed by atoms with Gasteiger partial charge in [-0.05, 0) is 31.2 Å². The summed E-state index contributed by atoms with van der Waals surface area (Å²) in [5, 5.41) is 3.44. The summed E-state index contributed by atoms with van der Waals surface area (Å²) in [6, 6.07) is 9.25. The molecule has 26 heavy (non-hydrogen) atoms. The van der Waals surface area contributed by atoms with Gasteiger partial charge in [0, 0.05) is 25.1 Å². The molecule has 1 amide bonds. The first kappa shape index (κ1) is 17.3. The molecule has 1 unspecified atom stereocenters. The molecule has 1 saturated heterocycles. The average molecular weight is 374 g/mol. The molecule has 0 spiro atoms. The number of carbonyl (C=O) groups is 1. The maximum atomic E-state index is 12.9. The second-order valence-electron chi connectivity index (χ2n) is 6.99. The minimum atomic E-state index is -3.30. The van der Waals surface area contributed by atoms with Crippen LogP contribution in [0.1, 0.15) is 51.9 Å². The smallest absolute Gasteiger partial charge is 0.276 e. The van der Waals surface area contributed by atoms with Crippen LogP contribution in [0.3, 0.4) is 0 Å². The van der Waals surface area contributed by atoms with E-state index in [1.165, 1.54) is 0 Å². The summed E-state index contributed by atoms with van der Waals surface area (Å²) in [4.78, 5) is 14.6. The van der Waals surface area contributed by atoms with E-state index in [2.05, 4.69) is 5.16 Å². The molecule has 0 bridgehead atoms. The summed E-state index contributed by atoms with van der Waals surface area (Å²) < 4.78 is 30.8. The Labute approximate surface area is 153 Å². The number of nitrogens with zero attached hydrogens (tertiary/aromatic N) is 2. The Bertz CT molecular complexity index is 905. The lowest BCUT2D eigenvalue weighted by Gasteiger charge is -2.19. The third-order valence-electron chi connectivity index (χ3n) is 5.35. The van der Waals surface area contributed by atoms with E-state index in [0.717, 1.165) is 42.6 Å². The first-order valence-corrected chi connectivity index (χ1v) is 10.8. The third kappa shape index (κ3) is 3.16. The van der Waals surface area contributed by atoms with Gasteiger partial charge in [-0.15, -0.1) is 0 Å². The van der Waals surface area contributed by atoms with E-state index in [4.69, 9.17) is 4.52 Å². The molecule has 0 N–H and O–H groups in total. The predicted molar refractivity (Wildman–Crippen MR) is 96.6 cm³/mol. The van der Waals surface area contributed by atoms with Gasteiger partial charge in [0.25, 0.3) is 5.91 Å². The van der Waals surface area contributed by atoms with E-state index in [1.54, 1.807) is 4.90 Å². The maximum absolute atomic E-state index is 12.9. The fourth-order valence-electron chi connectivity index (χ4n) is 3.89. The zero-order valence-electron chi connectivity index (χ0n) is 14.6. The number of hydrogen-bond acceptors (Lipinski definition) is 5. The second kappa shape index (κ2) is 6.87. The minimum Gasteiger partial charge on any atom is -0.360 e. The van der Waals surface area contributed by atoms with Gasteiger partial charge in [-0.1, -0.05) is 35.5 Å². The number of benzene rings is 1. The topological polar surface area (TPSA) is 80.5 Å². The molecule has 2 heterocycles. The molecule has 6 nitrogen and oxygen atoms in total. The maximum Gasteiger partial charge on any atom is 0.276 e. The quantitative estimate of drug-likeness (QED) is 0.807. The molecular formula is C19H22N2O4S. The lowest BCUT2D eigenvalue weighted by atomic mass is 9.96. The highest BCUT2D eigenvalue weighted by Crippen LogP contribution is 2.30. The molecule has 7 heteroatoms. The average Bonchev–Trinajstić information content (AvgIpc) is 3.01. The third-order valence-corrected chi connectivity index (χ3v) is 7.48. The summed E-state index contributed by atoms with van der Waals surface area (Å²) in [6.45, 7) is 0.603. The number of carbonyl (C=O) groups excluding carboxylic acids is 1. The van der Waals surface area contributed by atoms with E-state index in [9.17, 15) is 13.2 Å². The Kier molecular flexibility index (Phi) is 4.56. The van der Waals surface area contributed by atoms with Gasteiger partial charge in [-0.3, -0.25) is 4.79 Å². The Morgan fingerprint density at radius 1 is 1.12 bits per heavy atom. The van der Waals surface area contributed by atoms with Crippen molar-refractivity contribution < 1.29 is 17.7 Å². The number of rotatable bonds is 2. The zero-order chi connectivity index (χ0) is 18.1. The molecular weight excluding hydrogens is 352 g/mol. The van der Waals surface area contributed by atoms with Crippen LogP contribution >= 0.6 is 0 Å². The molecule has 2 aromatic rings. The van der Waals surface area contributed by atoms with Crippen LogP contribution in [0.4, 0.5) is 0 Å². The number of aryl methyl sites for hydroxylation is 1. The van der Waals surface area contributed by atoms with E-state index in [-0.39, 0.29) is 18.2 Å². The van der Waals surface area contributed by atoms with Gasteiger partial charge in [0.1, 0.15) is 5.76 Å². The van der Waals surface area contributed by atoms with Crippen molar-refractivity contribution in [1.82, 2.24) is 10.1 Å². The molecule has 138 valence electrons. The lowest BCUT2D eigenvalue weighted by molar-refractivity contribution is 0.0755. The van der Waals surface area contributed by atoms with Crippen LogP contribution in [0.5, 0.6) is 0 Å². The van der Waals surface area contributed by atoms with Crippen molar-refractivity contribution in [1.29, 1.82) is 0 Å². The minimum absolute atomic E-state index is 0.0294. The number of amides is 1. The van der Waals surface area contributed by atoms with Crippen molar-refractivity contribution in [3.8, 4) is 0 Å². The summed E-state index contributed by atoms with van der Waals surface area (Å²) >= 11 is 0. The zero-order valence-corrected chi connectivity index (χ0v) is 15.4. The molecule has 1 fully saturated rings. The van der Waals surface area contributed by atoms with Gasteiger partial charge in [-0.25, -0.2) is 8.42 Å². The highest BCUT2D eigenvalue weighted by Gasteiger charge is 2.34. The van der Waals surface area contributed by atoms with Gasteiger partial charge >= 0.3 is 0 Å². The molecule has 0 saturated carbocycles. The van der Waals surface area contributed by atoms with E-state index < -0.39 is 15.1 Å². The van der Waals surface area contributed by atoms with E-state index in [1.807, 2.05) is 30.3 Å². The van der Waals surface area contributed by atoms with Crippen LogP contribution < -0.4 is 0 Å². The molecule has 2 aliphatic rings. The van der Waals surface area contributed by atoms with Crippen molar-refractivity contribution >= 4 is 15.7 Å². The summed E-state index contributed by atoms with van der Waals surface area (Å²) in [6.07, 6.45) is 4.10. The van der Waals surface area contributed by atoms with E-state index >= 15 is 0 Å². The Morgan fingerprint density at radius 3 is 2.69 bits per heavy atom. The van der Waals surface area contributed by atoms with Crippen molar-refractivity contribution in [2.75, 3.05) is 18.8 Å². The summed E-state index contributed by atoms with van der Waals surface area (Å²) in [7, 11) is -3.30. The fraction of sp³-hybridized carbons (Fsp3) is 0.474. The Balaban J connectivity index is 1.56. The molecule has 1 aliphatic carbocycles. The van der Waals surface area contributed by atoms with Gasteiger partial charge < -0.3 is 9.42 Å². The number of hydrogen-bond donors (Lipinski definition) is 0. The molecule has 1 atom stereocenters. The van der Waals surface area contributed by atoms with Crippen LogP contribution in [-0.2, 0) is 22.7 Å². The van der Waals surface area contributed by atoms with Crippen molar-refractivity contribution in [2.24, 2.45) is 0 Å². The lowest BCUT2D eigenvalue weighted by Crippen LogP contribution is -2.34. The normalized spacial score (nSPS) is 22.5. The van der Waals surface area contributed by atoms with Crippen molar-refractivity contribution in [3.05, 3.63) is 52.9 Å². The van der Waals surface area contributed by atoms with Crippen molar-refractivity contribution in [3.63, 3.8) is 0 Å². The van der Waals surface area contributed by atoms with Crippen LogP contribution in [-0.4, -0.2) is 43.2 Å². The van der Waals surface area contributed by atoms with Gasteiger partial charge in [0.15, 0.2) is 15.5 Å². The number of sulfone groups is 1. The highest BCUT2D eigenvalue weighted by atomic mass is 32.2. The number of fused-ring (bicyclic) bond motifs is 1. The highest BCUT2D eigenvalue weighted by molar-refractivity contribution is 7.91. The van der Waals surface area contributed by atoms with Crippen molar-refractivity contribution in [2.45, 2.75) is 37.4 Å². The molecule has 1 aromatic heterocycles.